The smallest absolute Gasteiger partial charge is 0.251 e. The van der Waals surface area contributed by atoms with Crippen LogP contribution in [0.2, 0.25) is 0 Å². The van der Waals surface area contributed by atoms with Gasteiger partial charge in [0.1, 0.15) is 0 Å². The van der Waals surface area contributed by atoms with Gasteiger partial charge in [-0.05, 0) is 43.2 Å². The Balaban J connectivity index is 1.59. The Bertz CT molecular complexity index is 803. The Morgan fingerprint density at radius 1 is 1.15 bits per heavy atom. The fraction of sp³-hybridized carbons (Fsp3) is 0.333. The van der Waals surface area contributed by atoms with E-state index in [1.54, 1.807) is 31.2 Å². The molecule has 1 heterocycles. The van der Waals surface area contributed by atoms with E-state index in [-0.39, 0.29) is 17.9 Å². The number of nitrogens with zero attached hydrogens (tertiary/aromatic N) is 1. The highest BCUT2D eigenvalue weighted by Gasteiger charge is 2.23. The molecule has 0 aromatic heterocycles. The zero-order valence-electron chi connectivity index (χ0n) is 15.3. The summed E-state index contributed by atoms with van der Waals surface area (Å²) >= 11 is 0. The Morgan fingerprint density at radius 3 is 2.77 bits per heavy atom. The number of hydrogen-bond donors (Lipinski definition) is 2. The summed E-state index contributed by atoms with van der Waals surface area (Å²) in [6.45, 7) is 5.47. The number of nitrogens with one attached hydrogen (secondary N) is 2. The van der Waals surface area contributed by atoms with Gasteiger partial charge >= 0.3 is 0 Å². The summed E-state index contributed by atoms with van der Waals surface area (Å²) in [6, 6.07) is 15.7. The monoisotopic (exact) mass is 351 g/mol. The molecule has 1 atom stereocenters. The van der Waals surface area contributed by atoms with Gasteiger partial charge in [0.2, 0.25) is 5.91 Å². The number of rotatable bonds is 6. The van der Waals surface area contributed by atoms with Gasteiger partial charge < -0.3 is 15.5 Å². The molecule has 2 aromatic carbocycles. The van der Waals surface area contributed by atoms with Crippen molar-refractivity contribution in [3.63, 3.8) is 0 Å². The summed E-state index contributed by atoms with van der Waals surface area (Å²) in [6.07, 6.45) is 1.46. The molecular weight excluding hydrogens is 326 g/mol. The van der Waals surface area contributed by atoms with Gasteiger partial charge in [0, 0.05) is 42.5 Å². The van der Waals surface area contributed by atoms with E-state index in [2.05, 4.69) is 46.7 Å². The quantitative estimate of drug-likeness (QED) is 0.840. The van der Waals surface area contributed by atoms with E-state index in [4.69, 9.17) is 0 Å². The predicted molar refractivity (Wildman–Crippen MR) is 105 cm³/mol. The first kappa shape index (κ1) is 18.0. The first-order chi connectivity index (χ1) is 12.6. The van der Waals surface area contributed by atoms with Gasteiger partial charge in [-0.25, -0.2) is 0 Å². The van der Waals surface area contributed by atoms with Crippen molar-refractivity contribution < 1.29 is 9.59 Å². The number of carbonyl (C=O) groups is 2. The molecule has 0 radical (unpaired) electrons. The van der Waals surface area contributed by atoms with Crippen molar-refractivity contribution in [3.05, 3.63) is 59.7 Å². The molecule has 0 aliphatic carbocycles. The van der Waals surface area contributed by atoms with Crippen molar-refractivity contribution in [1.82, 2.24) is 5.32 Å². The van der Waals surface area contributed by atoms with Gasteiger partial charge in [-0.3, -0.25) is 9.59 Å². The van der Waals surface area contributed by atoms with E-state index in [1.807, 2.05) is 0 Å². The number of fused-ring (bicyclic) bond motifs is 1. The van der Waals surface area contributed by atoms with Crippen LogP contribution in [0, 0.1) is 0 Å². The average Bonchev–Trinajstić information content (AvgIpc) is 3.10. The van der Waals surface area contributed by atoms with E-state index in [1.165, 1.54) is 11.3 Å². The maximum absolute atomic E-state index is 12.5. The fourth-order valence-electron chi connectivity index (χ4n) is 3.26. The lowest BCUT2D eigenvalue weighted by Gasteiger charge is -2.27. The molecule has 0 fully saturated rings. The zero-order chi connectivity index (χ0) is 18.5. The van der Waals surface area contributed by atoms with Crippen molar-refractivity contribution in [2.75, 3.05) is 23.3 Å². The van der Waals surface area contributed by atoms with Crippen LogP contribution in [0.3, 0.4) is 0 Å². The minimum atomic E-state index is -0.128. The van der Waals surface area contributed by atoms with Gasteiger partial charge in [0.15, 0.2) is 0 Å². The van der Waals surface area contributed by atoms with Crippen molar-refractivity contribution in [1.29, 1.82) is 0 Å². The molecule has 2 amide bonds. The van der Waals surface area contributed by atoms with Crippen molar-refractivity contribution in [2.24, 2.45) is 0 Å². The predicted octanol–water partition coefficient (Wildman–Crippen LogP) is 3.22. The summed E-state index contributed by atoms with van der Waals surface area (Å²) in [4.78, 5) is 26.3. The van der Waals surface area contributed by atoms with Crippen LogP contribution >= 0.6 is 0 Å². The Morgan fingerprint density at radius 2 is 1.96 bits per heavy atom. The molecule has 3 rings (SSSR count). The standard InChI is InChI=1S/C21H25N3O2/c1-3-20(25)23-18-9-6-8-17(13-18)21(26)22-14-15(2)24-12-11-16-7-4-5-10-19(16)24/h4-10,13,15H,3,11-12,14H2,1-2H3,(H,22,26)(H,23,25). The second-order valence-corrected chi connectivity index (χ2v) is 6.61. The molecule has 0 saturated carbocycles. The molecule has 5 heteroatoms. The number of para-hydroxylation sites is 1. The lowest BCUT2D eigenvalue weighted by molar-refractivity contribution is -0.115. The number of benzene rings is 2. The van der Waals surface area contributed by atoms with Crippen LogP contribution in [0.1, 0.15) is 36.2 Å². The lowest BCUT2D eigenvalue weighted by Crippen LogP contribution is -2.41. The Labute approximate surface area is 154 Å². The summed E-state index contributed by atoms with van der Waals surface area (Å²) in [5.41, 5.74) is 3.82. The van der Waals surface area contributed by atoms with Crippen LogP contribution in [0.5, 0.6) is 0 Å². The van der Waals surface area contributed by atoms with Crippen molar-refractivity contribution in [3.8, 4) is 0 Å². The van der Waals surface area contributed by atoms with Crippen molar-refractivity contribution >= 4 is 23.2 Å². The molecule has 2 N–H and O–H groups in total. The van der Waals surface area contributed by atoms with Gasteiger partial charge in [-0.2, -0.15) is 0 Å². The third kappa shape index (κ3) is 4.04. The average molecular weight is 351 g/mol. The SMILES string of the molecule is CCC(=O)Nc1cccc(C(=O)NCC(C)N2CCc3ccccc32)c1. The summed E-state index contributed by atoms with van der Waals surface area (Å²) in [5, 5.41) is 5.79. The van der Waals surface area contributed by atoms with E-state index in [0.29, 0.717) is 24.2 Å². The second kappa shape index (κ2) is 8.04. The fourth-order valence-corrected chi connectivity index (χ4v) is 3.26. The molecule has 0 bridgehead atoms. The largest absolute Gasteiger partial charge is 0.366 e. The first-order valence-corrected chi connectivity index (χ1v) is 9.11. The van der Waals surface area contributed by atoms with E-state index in [0.717, 1.165) is 13.0 Å². The van der Waals surface area contributed by atoms with E-state index in [9.17, 15) is 9.59 Å². The number of carbonyl (C=O) groups excluding carboxylic acids is 2. The van der Waals surface area contributed by atoms with Crippen LogP contribution < -0.4 is 15.5 Å². The third-order valence-corrected chi connectivity index (χ3v) is 4.74. The summed E-state index contributed by atoms with van der Waals surface area (Å²) in [5.74, 6) is -0.194. The molecule has 136 valence electrons. The van der Waals surface area contributed by atoms with Gasteiger partial charge in [0.05, 0.1) is 0 Å². The highest BCUT2D eigenvalue weighted by molar-refractivity contribution is 5.97. The minimum absolute atomic E-state index is 0.0659. The molecule has 1 aliphatic heterocycles. The topological polar surface area (TPSA) is 61.4 Å². The van der Waals surface area contributed by atoms with Gasteiger partial charge in [0.25, 0.3) is 5.91 Å². The second-order valence-electron chi connectivity index (χ2n) is 6.61. The number of hydrogen-bond acceptors (Lipinski definition) is 3. The molecular formula is C21H25N3O2. The van der Waals surface area contributed by atoms with Gasteiger partial charge in [-0.15, -0.1) is 0 Å². The summed E-state index contributed by atoms with van der Waals surface area (Å²) < 4.78 is 0. The highest BCUT2D eigenvalue weighted by Crippen LogP contribution is 2.28. The molecule has 26 heavy (non-hydrogen) atoms. The molecule has 0 spiro atoms. The third-order valence-electron chi connectivity index (χ3n) is 4.74. The minimum Gasteiger partial charge on any atom is -0.366 e. The normalized spacial score (nSPS) is 13.8. The molecule has 5 nitrogen and oxygen atoms in total. The molecule has 1 unspecified atom stereocenters. The van der Waals surface area contributed by atoms with Crippen molar-refractivity contribution in [2.45, 2.75) is 32.7 Å². The Kier molecular flexibility index (Phi) is 5.56. The lowest BCUT2D eigenvalue weighted by atomic mass is 10.1. The zero-order valence-corrected chi connectivity index (χ0v) is 15.3. The van der Waals surface area contributed by atoms with Crippen LogP contribution in [-0.4, -0.2) is 30.9 Å². The van der Waals surface area contributed by atoms with Crippen LogP contribution in [0.25, 0.3) is 0 Å². The molecule has 0 saturated heterocycles. The van der Waals surface area contributed by atoms with E-state index < -0.39 is 0 Å². The summed E-state index contributed by atoms with van der Waals surface area (Å²) in [7, 11) is 0. The maximum Gasteiger partial charge on any atom is 0.251 e. The molecule has 1 aliphatic rings. The van der Waals surface area contributed by atoms with Gasteiger partial charge in [-0.1, -0.05) is 31.2 Å². The number of amides is 2. The first-order valence-electron chi connectivity index (χ1n) is 9.11. The number of anilines is 2. The van der Waals surface area contributed by atoms with Crippen LogP contribution in [-0.2, 0) is 11.2 Å². The van der Waals surface area contributed by atoms with Crippen LogP contribution in [0.15, 0.2) is 48.5 Å². The molecule has 2 aromatic rings. The van der Waals surface area contributed by atoms with E-state index >= 15 is 0 Å². The Hall–Kier alpha value is -2.82. The maximum atomic E-state index is 12.5. The highest BCUT2D eigenvalue weighted by atomic mass is 16.2. The van der Waals surface area contributed by atoms with Crippen LogP contribution in [0.4, 0.5) is 11.4 Å².